The molecular weight excluding hydrogens is 188 g/mol. The van der Waals surface area contributed by atoms with Gasteiger partial charge in [-0.1, -0.05) is 20.8 Å². The molecule has 0 radical (unpaired) electrons. The molecule has 13 heavy (non-hydrogen) atoms. The Bertz CT molecular complexity index is 163. The first kappa shape index (κ1) is 12.9. The Morgan fingerprint density at radius 2 is 2.00 bits per heavy atom. The number of hydrogen-bond acceptors (Lipinski definition) is 4. The van der Waals surface area contributed by atoms with E-state index >= 15 is 0 Å². The van der Waals surface area contributed by atoms with Gasteiger partial charge in [-0.25, -0.2) is 0 Å². The van der Waals surface area contributed by atoms with Crippen molar-refractivity contribution in [3.8, 4) is 0 Å². The third-order valence-electron chi connectivity index (χ3n) is 1.59. The molecule has 0 spiro atoms. The smallest absolute Gasteiger partial charge is 0.148 e. The number of Topliss-reactive ketones (excluding diaryl/α,β-unsaturated/α-hetero) is 1. The lowest BCUT2D eigenvalue weighted by molar-refractivity contribution is -0.123. The Balaban J connectivity index is 3.60. The molecule has 0 rings (SSSR count). The van der Waals surface area contributed by atoms with Gasteiger partial charge in [-0.2, -0.15) is 11.8 Å². The van der Waals surface area contributed by atoms with Crippen LogP contribution in [0.15, 0.2) is 0 Å². The summed E-state index contributed by atoms with van der Waals surface area (Å²) in [6, 6.07) is 0. The largest absolute Gasteiger partial charge is 0.394 e. The topological polar surface area (TPSA) is 57.5 Å². The monoisotopic (exact) mass is 206 g/mol. The van der Waals surface area contributed by atoms with Gasteiger partial charge in [-0.3, -0.25) is 4.79 Å². The van der Waals surface area contributed by atoms with Gasteiger partial charge in [0.1, 0.15) is 5.78 Å². The summed E-state index contributed by atoms with van der Waals surface area (Å²) < 4.78 is 0. The summed E-state index contributed by atoms with van der Waals surface area (Å²) >= 11 is 1.36. The summed E-state index contributed by atoms with van der Waals surface area (Å²) in [7, 11) is 0. The van der Waals surface area contributed by atoms with E-state index in [-0.39, 0.29) is 17.8 Å². The van der Waals surface area contributed by atoms with Crippen LogP contribution in [0.4, 0.5) is 0 Å². The maximum absolute atomic E-state index is 11.4. The second-order valence-electron chi connectivity index (χ2n) is 4.02. The normalized spacial score (nSPS) is 14.2. The zero-order chi connectivity index (χ0) is 10.5. The fraction of sp³-hybridized carbons (Fsp3) is 0.889. The standard InChI is InChI=1S/C9H18O3S/c1-9(2,3)8(12)6-13-5-7(11)4-10/h7,10-11H,4-6H2,1-3H3. The molecule has 78 valence electrons. The highest BCUT2D eigenvalue weighted by molar-refractivity contribution is 8.00. The van der Waals surface area contributed by atoms with Gasteiger partial charge in [0.25, 0.3) is 0 Å². The molecule has 1 atom stereocenters. The molecule has 0 amide bonds. The maximum atomic E-state index is 11.4. The van der Waals surface area contributed by atoms with Crippen molar-refractivity contribution in [1.29, 1.82) is 0 Å². The van der Waals surface area contributed by atoms with Crippen molar-refractivity contribution in [2.45, 2.75) is 26.9 Å². The summed E-state index contributed by atoms with van der Waals surface area (Å²) in [4.78, 5) is 11.4. The lowest BCUT2D eigenvalue weighted by Crippen LogP contribution is -2.23. The first-order valence-corrected chi connectivity index (χ1v) is 5.43. The van der Waals surface area contributed by atoms with Gasteiger partial charge in [0.15, 0.2) is 0 Å². The van der Waals surface area contributed by atoms with E-state index in [1.54, 1.807) is 0 Å². The zero-order valence-electron chi connectivity index (χ0n) is 8.41. The van der Waals surface area contributed by atoms with E-state index in [9.17, 15) is 4.79 Å². The number of carbonyl (C=O) groups excluding carboxylic acids is 1. The molecule has 0 aliphatic rings. The van der Waals surface area contributed by atoms with Gasteiger partial charge in [0, 0.05) is 11.2 Å². The highest BCUT2D eigenvalue weighted by atomic mass is 32.2. The van der Waals surface area contributed by atoms with Crippen LogP contribution in [0.1, 0.15) is 20.8 Å². The molecule has 0 aromatic rings. The number of rotatable bonds is 5. The van der Waals surface area contributed by atoms with Gasteiger partial charge < -0.3 is 10.2 Å². The maximum Gasteiger partial charge on any atom is 0.148 e. The van der Waals surface area contributed by atoms with E-state index in [0.717, 1.165) is 0 Å². The van der Waals surface area contributed by atoms with Crippen LogP contribution in [-0.4, -0.2) is 40.2 Å². The zero-order valence-corrected chi connectivity index (χ0v) is 9.23. The summed E-state index contributed by atoms with van der Waals surface area (Å²) in [5.41, 5.74) is -0.308. The second-order valence-corrected chi connectivity index (χ2v) is 5.05. The molecule has 0 heterocycles. The number of aliphatic hydroxyl groups excluding tert-OH is 2. The molecule has 3 nitrogen and oxygen atoms in total. The van der Waals surface area contributed by atoms with Crippen LogP contribution >= 0.6 is 11.8 Å². The van der Waals surface area contributed by atoms with Gasteiger partial charge in [-0.05, 0) is 0 Å². The van der Waals surface area contributed by atoms with E-state index in [0.29, 0.717) is 11.5 Å². The van der Waals surface area contributed by atoms with Crippen molar-refractivity contribution in [1.82, 2.24) is 0 Å². The van der Waals surface area contributed by atoms with Crippen LogP contribution in [-0.2, 0) is 4.79 Å². The highest BCUT2D eigenvalue weighted by Gasteiger charge is 2.20. The SMILES string of the molecule is CC(C)(C)C(=O)CSCC(O)CO. The van der Waals surface area contributed by atoms with E-state index in [4.69, 9.17) is 10.2 Å². The average Bonchev–Trinajstić information content (AvgIpc) is 2.02. The van der Waals surface area contributed by atoms with Crippen LogP contribution < -0.4 is 0 Å². The molecule has 0 saturated carbocycles. The first-order valence-electron chi connectivity index (χ1n) is 4.28. The van der Waals surface area contributed by atoms with E-state index in [1.807, 2.05) is 20.8 Å². The Morgan fingerprint density at radius 3 is 2.38 bits per heavy atom. The quantitative estimate of drug-likeness (QED) is 0.695. The molecule has 2 N–H and O–H groups in total. The van der Waals surface area contributed by atoms with E-state index < -0.39 is 6.10 Å². The summed E-state index contributed by atoms with van der Waals surface area (Å²) in [6.45, 7) is 5.38. The number of aliphatic hydroxyl groups is 2. The van der Waals surface area contributed by atoms with Crippen molar-refractivity contribution >= 4 is 17.5 Å². The van der Waals surface area contributed by atoms with Gasteiger partial charge in [0.05, 0.1) is 18.5 Å². The molecule has 0 aliphatic carbocycles. The number of hydrogen-bond donors (Lipinski definition) is 2. The minimum absolute atomic E-state index is 0.169. The van der Waals surface area contributed by atoms with Crippen LogP contribution in [0.5, 0.6) is 0 Å². The second kappa shape index (κ2) is 5.62. The minimum Gasteiger partial charge on any atom is -0.394 e. The molecule has 1 unspecified atom stereocenters. The molecule has 0 aliphatic heterocycles. The third kappa shape index (κ3) is 6.07. The van der Waals surface area contributed by atoms with Crippen molar-refractivity contribution < 1.29 is 15.0 Å². The van der Waals surface area contributed by atoms with Crippen molar-refractivity contribution in [2.24, 2.45) is 5.41 Å². The molecular formula is C9H18O3S. The van der Waals surface area contributed by atoms with E-state index in [2.05, 4.69) is 0 Å². The summed E-state index contributed by atoms with van der Waals surface area (Å²) in [5.74, 6) is 0.987. The Morgan fingerprint density at radius 1 is 1.46 bits per heavy atom. The van der Waals surface area contributed by atoms with Gasteiger partial charge in [-0.15, -0.1) is 0 Å². The Kier molecular flexibility index (Phi) is 5.60. The molecule has 0 saturated heterocycles. The van der Waals surface area contributed by atoms with Crippen molar-refractivity contribution in [3.05, 3.63) is 0 Å². The lowest BCUT2D eigenvalue weighted by atomic mass is 9.92. The van der Waals surface area contributed by atoms with Crippen molar-refractivity contribution in [3.63, 3.8) is 0 Å². The van der Waals surface area contributed by atoms with Crippen LogP contribution in [0.3, 0.4) is 0 Å². The molecule has 0 aromatic carbocycles. The van der Waals surface area contributed by atoms with Crippen LogP contribution in [0.2, 0.25) is 0 Å². The van der Waals surface area contributed by atoms with Crippen LogP contribution in [0.25, 0.3) is 0 Å². The Labute approximate surface area is 83.5 Å². The first-order chi connectivity index (χ1) is 5.88. The van der Waals surface area contributed by atoms with E-state index in [1.165, 1.54) is 11.8 Å². The predicted octanol–water partition coefficient (Wildman–Crippen LogP) is 0.688. The van der Waals surface area contributed by atoms with Crippen molar-refractivity contribution in [2.75, 3.05) is 18.1 Å². The summed E-state index contributed by atoms with van der Waals surface area (Å²) in [6.07, 6.45) is -0.710. The average molecular weight is 206 g/mol. The van der Waals surface area contributed by atoms with Gasteiger partial charge >= 0.3 is 0 Å². The summed E-state index contributed by atoms with van der Waals surface area (Å²) in [5, 5.41) is 17.5. The fourth-order valence-electron chi connectivity index (χ4n) is 0.557. The molecule has 4 heteroatoms. The highest BCUT2D eigenvalue weighted by Crippen LogP contribution is 2.17. The molecule has 0 bridgehead atoms. The number of carbonyl (C=O) groups is 1. The number of ketones is 1. The minimum atomic E-state index is -0.710. The lowest BCUT2D eigenvalue weighted by Gasteiger charge is -2.16. The predicted molar refractivity (Wildman–Crippen MR) is 54.9 cm³/mol. The fourth-order valence-corrected chi connectivity index (χ4v) is 1.67. The number of thioether (sulfide) groups is 1. The Hall–Kier alpha value is -0.0600. The third-order valence-corrected chi connectivity index (χ3v) is 2.68. The van der Waals surface area contributed by atoms with Crippen LogP contribution in [0, 0.1) is 5.41 Å². The molecule has 0 aromatic heterocycles. The van der Waals surface area contributed by atoms with Gasteiger partial charge in [0.2, 0.25) is 0 Å². The molecule has 0 fully saturated rings.